The number of hydrogen-bond donors (Lipinski definition) is 0. The fourth-order valence-corrected chi connectivity index (χ4v) is 3.27. The van der Waals surface area contributed by atoms with Gasteiger partial charge in [-0.2, -0.15) is 0 Å². The van der Waals surface area contributed by atoms with Gasteiger partial charge >= 0.3 is 0 Å². The van der Waals surface area contributed by atoms with Crippen molar-refractivity contribution < 1.29 is 0 Å². The Bertz CT molecular complexity index is 973. The first-order valence-electron chi connectivity index (χ1n) is 7.25. The second-order valence-electron chi connectivity index (χ2n) is 5.30. The first-order chi connectivity index (χ1) is 9.71. The van der Waals surface area contributed by atoms with Crippen LogP contribution in [0.2, 0.25) is 0 Å². The lowest BCUT2D eigenvalue weighted by Crippen LogP contribution is -2.25. The van der Waals surface area contributed by atoms with Crippen molar-refractivity contribution in [3.05, 3.63) is 51.6 Å². The van der Waals surface area contributed by atoms with Crippen LogP contribution in [0.1, 0.15) is 26.3 Å². The molecule has 0 bridgehead atoms. The molecule has 3 aromatic rings. The normalized spacial score (nSPS) is 14.9. The largest absolute Gasteiger partial charge is 0.0798 e. The quantitative estimate of drug-likeness (QED) is 0.581. The number of rotatable bonds is 0. The highest BCUT2D eigenvalue weighted by Gasteiger charge is 2.07. The Morgan fingerprint density at radius 1 is 0.750 bits per heavy atom. The molecule has 0 heteroatoms. The van der Waals surface area contributed by atoms with Crippen molar-refractivity contribution in [1.82, 2.24) is 0 Å². The lowest BCUT2D eigenvalue weighted by Gasteiger charge is -2.10. The van der Waals surface area contributed by atoms with Crippen LogP contribution in [-0.4, -0.2) is 0 Å². The predicted octanol–water partition coefficient (Wildman–Crippen LogP) is 3.42. The molecule has 0 atom stereocenters. The molecule has 0 fully saturated rings. The van der Waals surface area contributed by atoms with Gasteiger partial charge in [-0.25, -0.2) is 0 Å². The van der Waals surface area contributed by atoms with E-state index in [0.717, 1.165) is 0 Å². The minimum absolute atomic E-state index is 1.32. The molecular weight excluding hydrogens is 240 g/mol. The van der Waals surface area contributed by atoms with Crippen molar-refractivity contribution in [2.24, 2.45) is 0 Å². The molecule has 0 spiro atoms. The third kappa shape index (κ3) is 1.68. The summed E-state index contributed by atoms with van der Waals surface area (Å²) in [5, 5.41) is 9.49. The standard InChI is InChI=1S/C20H20/c1-5-14-9-10-16-12-15(6-2)17(7-3)18-11-8-13(4)19(14)20(16)18/h5-12H,1-4H3/b14-5-,15-6-,17-7+. The van der Waals surface area contributed by atoms with Gasteiger partial charge in [-0.05, 0) is 76.5 Å². The summed E-state index contributed by atoms with van der Waals surface area (Å²) in [6.45, 7) is 8.56. The molecule has 0 aliphatic carbocycles. The van der Waals surface area contributed by atoms with E-state index in [1.165, 1.54) is 42.8 Å². The van der Waals surface area contributed by atoms with Crippen LogP contribution in [0.3, 0.4) is 0 Å². The fourth-order valence-electron chi connectivity index (χ4n) is 3.27. The van der Waals surface area contributed by atoms with E-state index in [2.05, 4.69) is 76.3 Å². The van der Waals surface area contributed by atoms with Crippen LogP contribution in [0, 0.1) is 6.92 Å². The van der Waals surface area contributed by atoms with E-state index in [-0.39, 0.29) is 0 Å². The zero-order valence-electron chi connectivity index (χ0n) is 12.6. The summed E-state index contributed by atoms with van der Waals surface area (Å²) >= 11 is 0. The molecule has 0 aliphatic rings. The van der Waals surface area contributed by atoms with Crippen LogP contribution in [0.25, 0.3) is 39.8 Å². The molecule has 20 heavy (non-hydrogen) atoms. The van der Waals surface area contributed by atoms with Crippen LogP contribution < -0.4 is 15.7 Å². The number of benzene rings is 3. The molecule has 100 valence electrons. The van der Waals surface area contributed by atoms with Gasteiger partial charge in [-0.3, -0.25) is 0 Å². The maximum absolute atomic E-state index is 2.31. The van der Waals surface area contributed by atoms with Gasteiger partial charge in [0.1, 0.15) is 0 Å². The average Bonchev–Trinajstić information content (AvgIpc) is 2.49. The Morgan fingerprint density at radius 3 is 2.15 bits per heavy atom. The highest BCUT2D eigenvalue weighted by atomic mass is 14.1. The van der Waals surface area contributed by atoms with Crippen LogP contribution >= 0.6 is 0 Å². The Labute approximate surface area is 119 Å². The molecule has 3 aromatic carbocycles. The minimum atomic E-state index is 1.32. The summed E-state index contributed by atoms with van der Waals surface area (Å²) in [6.07, 6.45) is 6.63. The van der Waals surface area contributed by atoms with E-state index in [0.29, 0.717) is 0 Å². The molecule has 0 aliphatic heterocycles. The zero-order chi connectivity index (χ0) is 14.3. The first-order valence-corrected chi connectivity index (χ1v) is 7.25. The Hall–Kier alpha value is -2.08. The molecule has 0 N–H and O–H groups in total. The Balaban J connectivity index is 2.82. The molecule has 0 aromatic heterocycles. The van der Waals surface area contributed by atoms with Crippen LogP contribution in [-0.2, 0) is 0 Å². The second-order valence-corrected chi connectivity index (χ2v) is 5.30. The summed E-state index contributed by atoms with van der Waals surface area (Å²) in [5.74, 6) is 0. The third-order valence-electron chi connectivity index (χ3n) is 4.26. The van der Waals surface area contributed by atoms with E-state index < -0.39 is 0 Å². The van der Waals surface area contributed by atoms with Crippen LogP contribution in [0.4, 0.5) is 0 Å². The highest BCUT2D eigenvalue weighted by Crippen LogP contribution is 2.23. The van der Waals surface area contributed by atoms with Gasteiger partial charge in [0, 0.05) is 0 Å². The van der Waals surface area contributed by atoms with Gasteiger partial charge in [0.15, 0.2) is 0 Å². The molecule has 0 unspecified atom stereocenters. The van der Waals surface area contributed by atoms with E-state index in [4.69, 9.17) is 0 Å². The number of aryl methyl sites for hydroxylation is 1. The van der Waals surface area contributed by atoms with Crippen molar-refractivity contribution in [1.29, 1.82) is 0 Å². The number of hydrogen-bond acceptors (Lipinski definition) is 0. The van der Waals surface area contributed by atoms with Crippen molar-refractivity contribution in [3.63, 3.8) is 0 Å². The van der Waals surface area contributed by atoms with E-state index >= 15 is 0 Å². The topological polar surface area (TPSA) is 0 Å². The minimum Gasteiger partial charge on any atom is -0.0798 e. The molecule has 0 nitrogen and oxygen atoms in total. The molecule has 3 rings (SSSR count). The molecule has 0 amide bonds. The van der Waals surface area contributed by atoms with Gasteiger partial charge < -0.3 is 0 Å². The summed E-state index contributed by atoms with van der Waals surface area (Å²) in [4.78, 5) is 0. The zero-order valence-corrected chi connectivity index (χ0v) is 12.6. The van der Waals surface area contributed by atoms with Crippen molar-refractivity contribution >= 4 is 39.8 Å². The summed E-state index contributed by atoms with van der Waals surface area (Å²) in [7, 11) is 0. The first kappa shape index (κ1) is 12.9. The fraction of sp³-hybridized carbons (Fsp3) is 0.200. The van der Waals surface area contributed by atoms with Crippen molar-refractivity contribution in [3.8, 4) is 0 Å². The molecule has 0 radical (unpaired) electrons. The van der Waals surface area contributed by atoms with Crippen molar-refractivity contribution in [2.75, 3.05) is 0 Å². The maximum atomic E-state index is 2.31. The van der Waals surface area contributed by atoms with Gasteiger partial charge in [0.2, 0.25) is 0 Å². The lowest BCUT2D eigenvalue weighted by atomic mass is 9.93. The van der Waals surface area contributed by atoms with E-state index in [1.807, 2.05) is 0 Å². The summed E-state index contributed by atoms with van der Waals surface area (Å²) in [5.41, 5.74) is 1.35. The van der Waals surface area contributed by atoms with E-state index in [9.17, 15) is 0 Å². The molecule has 0 saturated heterocycles. The van der Waals surface area contributed by atoms with Gasteiger partial charge in [0.25, 0.3) is 0 Å². The van der Waals surface area contributed by atoms with Gasteiger partial charge in [-0.1, -0.05) is 42.5 Å². The molecule has 0 saturated carbocycles. The van der Waals surface area contributed by atoms with E-state index in [1.54, 1.807) is 0 Å². The third-order valence-corrected chi connectivity index (χ3v) is 4.26. The average molecular weight is 260 g/mol. The second kappa shape index (κ2) is 4.79. The smallest absolute Gasteiger partial charge is 0.00240 e. The van der Waals surface area contributed by atoms with Gasteiger partial charge in [0.05, 0.1) is 0 Å². The summed E-state index contributed by atoms with van der Waals surface area (Å²) in [6, 6.07) is 11.3. The maximum Gasteiger partial charge on any atom is -0.00240 e. The SMILES string of the molecule is C/C=c1/cc2cc/c(=C/C)c3c(C)ccc(/c1=C/C)c23. The highest BCUT2D eigenvalue weighted by molar-refractivity contribution is 6.11. The Kier molecular flexibility index (Phi) is 3.10. The lowest BCUT2D eigenvalue weighted by molar-refractivity contribution is 1.50. The van der Waals surface area contributed by atoms with Gasteiger partial charge in [-0.15, -0.1) is 0 Å². The van der Waals surface area contributed by atoms with Crippen molar-refractivity contribution in [2.45, 2.75) is 27.7 Å². The molecule has 0 heterocycles. The Morgan fingerprint density at radius 2 is 1.50 bits per heavy atom. The molecular formula is C20H20. The van der Waals surface area contributed by atoms with Crippen LogP contribution in [0.5, 0.6) is 0 Å². The summed E-state index contributed by atoms with van der Waals surface area (Å²) < 4.78 is 0. The van der Waals surface area contributed by atoms with Crippen LogP contribution in [0.15, 0.2) is 30.3 Å². The predicted molar refractivity (Wildman–Crippen MR) is 91.1 cm³/mol. The monoisotopic (exact) mass is 260 g/mol.